The van der Waals surface area contributed by atoms with E-state index in [4.69, 9.17) is 21.7 Å². The van der Waals surface area contributed by atoms with Crippen molar-refractivity contribution in [1.82, 2.24) is 5.32 Å². The number of carbonyl (C=O) groups excluding carboxylic acids is 1. The largest absolute Gasteiger partial charge is 0.465 e. The Balaban J connectivity index is 2.73. The highest BCUT2D eigenvalue weighted by atomic mass is 32.1. The Labute approximate surface area is 118 Å². The van der Waals surface area contributed by atoms with Crippen molar-refractivity contribution in [2.45, 2.75) is 6.92 Å². The second kappa shape index (κ2) is 7.70. The first-order valence-electron chi connectivity index (χ1n) is 5.82. The SMILES string of the molecule is COCCNC(=S)Nc1cccc(C(=O)OC)c1C. The van der Waals surface area contributed by atoms with Gasteiger partial charge in [-0.05, 0) is 36.8 Å². The molecule has 0 aromatic heterocycles. The lowest BCUT2D eigenvalue weighted by Gasteiger charge is -2.14. The Bertz CT molecular complexity index is 463. The molecule has 0 spiro atoms. The summed E-state index contributed by atoms with van der Waals surface area (Å²) >= 11 is 5.15. The molecule has 0 aliphatic heterocycles. The average Bonchev–Trinajstić information content (AvgIpc) is 2.40. The van der Waals surface area contributed by atoms with E-state index in [2.05, 4.69) is 10.6 Å². The van der Waals surface area contributed by atoms with Gasteiger partial charge in [-0.25, -0.2) is 4.79 Å². The van der Waals surface area contributed by atoms with Crippen molar-refractivity contribution in [2.75, 3.05) is 32.7 Å². The van der Waals surface area contributed by atoms with E-state index in [0.29, 0.717) is 23.8 Å². The molecule has 19 heavy (non-hydrogen) atoms. The molecule has 5 nitrogen and oxygen atoms in total. The molecular weight excluding hydrogens is 264 g/mol. The van der Waals surface area contributed by atoms with Gasteiger partial charge in [0.15, 0.2) is 5.11 Å². The molecule has 2 N–H and O–H groups in total. The molecule has 0 atom stereocenters. The van der Waals surface area contributed by atoms with Crippen molar-refractivity contribution < 1.29 is 14.3 Å². The minimum atomic E-state index is -0.362. The van der Waals surface area contributed by atoms with Gasteiger partial charge in [-0.15, -0.1) is 0 Å². The van der Waals surface area contributed by atoms with Crippen LogP contribution in [0.1, 0.15) is 15.9 Å². The van der Waals surface area contributed by atoms with Crippen molar-refractivity contribution in [3.8, 4) is 0 Å². The number of ether oxygens (including phenoxy) is 2. The zero-order chi connectivity index (χ0) is 14.3. The maximum absolute atomic E-state index is 11.6. The van der Waals surface area contributed by atoms with Gasteiger partial charge in [0.1, 0.15) is 0 Å². The summed E-state index contributed by atoms with van der Waals surface area (Å²) in [5.74, 6) is -0.362. The molecule has 0 saturated carbocycles. The molecule has 104 valence electrons. The molecule has 0 bridgehead atoms. The fraction of sp³-hybridized carbons (Fsp3) is 0.385. The van der Waals surface area contributed by atoms with Crippen LogP contribution < -0.4 is 10.6 Å². The van der Waals surface area contributed by atoms with Gasteiger partial charge in [-0.2, -0.15) is 0 Å². The van der Waals surface area contributed by atoms with Gasteiger partial charge >= 0.3 is 5.97 Å². The monoisotopic (exact) mass is 282 g/mol. The van der Waals surface area contributed by atoms with Crippen LogP contribution in [0.25, 0.3) is 0 Å². The minimum Gasteiger partial charge on any atom is -0.465 e. The molecule has 0 amide bonds. The summed E-state index contributed by atoms with van der Waals surface area (Å²) in [5.41, 5.74) is 2.09. The molecular formula is C13H18N2O3S. The molecule has 0 unspecified atom stereocenters. The van der Waals surface area contributed by atoms with Gasteiger partial charge in [-0.1, -0.05) is 6.07 Å². The lowest BCUT2D eigenvalue weighted by atomic mass is 10.1. The molecule has 0 aliphatic carbocycles. The number of carbonyl (C=O) groups is 1. The van der Waals surface area contributed by atoms with E-state index in [9.17, 15) is 4.79 Å². The van der Waals surface area contributed by atoms with Gasteiger partial charge in [0.2, 0.25) is 0 Å². The molecule has 0 saturated heterocycles. The van der Waals surface area contributed by atoms with Crippen molar-refractivity contribution in [3.63, 3.8) is 0 Å². The van der Waals surface area contributed by atoms with Crippen LogP contribution in [0.4, 0.5) is 5.69 Å². The quantitative estimate of drug-likeness (QED) is 0.487. The first-order chi connectivity index (χ1) is 9.10. The summed E-state index contributed by atoms with van der Waals surface area (Å²) in [6.45, 7) is 3.04. The van der Waals surface area contributed by atoms with E-state index in [1.54, 1.807) is 19.2 Å². The second-order valence-electron chi connectivity index (χ2n) is 3.84. The average molecular weight is 282 g/mol. The first-order valence-corrected chi connectivity index (χ1v) is 6.22. The third-order valence-electron chi connectivity index (χ3n) is 2.58. The van der Waals surface area contributed by atoms with Crippen molar-refractivity contribution >= 4 is 29.0 Å². The Morgan fingerprint density at radius 2 is 2.11 bits per heavy atom. The molecule has 1 rings (SSSR count). The Morgan fingerprint density at radius 1 is 1.37 bits per heavy atom. The van der Waals surface area contributed by atoms with Crippen LogP contribution in [0.5, 0.6) is 0 Å². The van der Waals surface area contributed by atoms with Gasteiger partial charge in [0.05, 0.1) is 19.3 Å². The smallest absolute Gasteiger partial charge is 0.338 e. The summed E-state index contributed by atoms with van der Waals surface area (Å²) < 4.78 is 9.65. The number of rotatable bonds is 5. The lowest BCUT2D eigenvalue weighted by molar-refractivity contribution is 0.0600. The van der Waals surface area contributed by atoms with Crippen LogP contribution in [0.15, 0.2) is 18.2 Å². The van der Waals surface area contributed by atoms with E-state index in [1.807, 2.05) is 13.0 Å². The standard InChI is InChI=1S/C13H18N2O3S/c1-9-10(12(16)18-3)5-4-6-11(9)15-13(19)14-7-8-17-2/h4-6H,7-8H2,1-3H3,(H2,14,15,19). The van der Waals surface area contributed by atoms with Crippen molar-refractivity contribution in [1.29, 1.82) is 0 Å². The molecule has 0 heterocycles. The van der Waals surface area contributed by atoms with E-state index < -0.39 is 0 Å². The Hall–Kier alpha value is -1.66. The van der Waals surface area contributed by atoms with E-state index in [1.165, 1.54) is 7.11 Å². The summed E-state index contributed by atoms with van der Waals surface area (Å²) in [5, 5.41) is 6.53. The van der Waals surface area contributed by atoms with Crippen molar-refractivity contribution in [2.24, 2.45) is 0 Å². The molecule has 1 aromatic rings. The maximum atomic E-state index is 11.6. The molecule has 1 aromatic carbocycles. The van der Waals surface area contributed by atoms with Crippen LogP contribution in [0, 0.1) is 6.92 Å². The van der Waals surface area contributed by atoms with Gasteiger partial charge in [-0.3, -0.25) is 0 Å². The van der Waals surface area contributed by atoms with E-state index >= 15 is 0 Å². The predicted octanol–water partition coefficient (Wildman–Crippen LogP) is 1.71. The predicted molar refractivity (Wildman–Crippen MR) is 78.6 cm³/mol. The highest BCUT2D eigenvalue weighted by Gasteiger charge is 2.12. The Kier molecular flexibility index (Phi) is 6.24. The molecule has 0 fully saturated rings. The molecule has 0 aliphatic rings. The van der Waals surface area contributed by atoms with Crippen LogP contribution >= 0.6 is 12.2 Å². The van der Waals surface area contributed by atoms with E-state index in [-0.39, 0.29) is 5.97 Å². The number of esters is 1. The Morgan fingerprint density at radius 3 is 2.74 bits per heavy atom. The third kappa shape index (κ3) is 4.50. The molecule has 0 radical (unpaired) electrons. The van der Waals surface area contributed by atoms with Crippen LogP contribution in [-0.4, -0.2) is 38.5 Å². The number of thiocarbonyl (C=S) groups is 1. The number of hydrogen-bond donors (Lipinski definition) is 2. The lowest BCUT2D eigenvalue weighted by Crippen LogP contribution is -2.31. The highest BCUT2D eigenvalue weighted by Crippen LogP contribution is 2.19. The zero-order valence-corrected chi connectivity index (χ0v) is 12.1. The number of hydrogen-bond acceptors (Lipinski definition) is 4. The summed E-state index contributed by atoms with van der Waals surface area (Å²) in [6, 6.07) is 5.35. The zero-order valence-electron chi connectivity index (χ0n) is 11.3. The number of nitrogens with one attached hydrogen (secondary N) is 2. The summed E-state index contributed by atoms with van der Waals surface area (Å²) in [7, 11) is 2.99. The maximum Gasteiger partial charge on any atom is 0.338 e. The second-order valence-corrected chi connectivity index (χ2v) is 4.25. The first kappa shape index (κ1) is 15.4. The third-order valence-corrected chi connectivity index (χ3v) is 2.83. The van der Waals surface area contributed by atoms with Crippen LogP contribution in [0.3, 0.4) is 0 Å². The fourth-order valence-corrected chi connectivity index (χ4v) is 1.75. The number of benzene rings is 1. The van der Waals surface area contributed by atoms with Gasteiger partial charge < -0.3 is 20.1 Å². The number of methoxy groups -OCH3 is 2. The summed E-state index contributed by atoms with van der Waals surface area (Å²) in [6.07, 6.45) is 0. The van der Waals surface area contributed by atoms with Gasteiger partial charge in [0, 0.05) is 19.3 Å². The minimum absolute atomic E-state index is 0.362. The normalized spacial score (nSPS) is 9.84. The summed E-state index contributed by atoms with van der Waals surface area (Å²) in [4.78, 5) is 11.6. The topological polar surface area (TPSA) is 59.6 Å². The fourth-order valence-electron chi connectivity index (χ4n) is 1.54. The van der Waals surface area contributed by atoms with Crippen molar-refractivity contribution in [3.05, 3.63) is 29.3 Å². The van der Waals surface area contributed by atoms with Gasteiger partial charge in [0.25, 0.3) is 0 Å². The molecule has 6 heteroatoms. The van der Waals surface area contributed by atoms with Crippen LogP contribution in [-0.2, 0) is 9.47 Å². The van der Waals surface area contributed by atoms with Crippen LogP contribution in [0.2, 0.25) is 0 Å². The number of anilines is 1. The van der Waals surface area contributed by atoms with E-state index in [0.717, 1.165) is 11.3 Å². The highest BCUT2D eigenvalue weighted by molar-refractivity contribution is 7.80.